The molecule has 0 aliphatic carbocycles. The quantitative estimate of drug-likeness (QED) is 0.684. The van der Waals surface area contributed by atoms with Crippen molar-refractivity contribution in [3.05, 3.63) is 65.4 Å². The number of halogens is 1. The van der Waals surface area contributed by atoms with E-state index in [9.17, 15) is 4.79 Å². The van der Waals surface area contributed by atoms with Crippen molar-refractivity contribution in [1.29, 1.82) is 0 Å². The van der Waals surface area contributed by atoms with Gasteiger partial charge >= 0.3 is 0 Å². The molecule has 0 unspecified atom stereocenters. The number of anilines is 1. The normalized spacial score (nSPS) is 10.5. The first-order chi connectivity index (χ1) is 12.5. The molecule has 2 aromatic carbocycles. The van der Waals surface area contributed by atoms with Crippen LogP contribution in [-0.4, -0.2) is 37.0 Å². The zero-order valence-corrected chi connectivity index (χ0v) is 15.4. The Morgan fingerprint density at radius 2 is 1.85 bits per heavy atom. The Balaban J connectivity index is 1.86. The van der Waals surface area contributed by atoms with Gasteiger partial charge in [-0.3, -0.25) is 4.79 Å². The first kappa shape index (κ1) is 17.8. The van der Waals surface area contributed by atoms with Crippen LogP contribution < -0.4 is 14.4 Å². The van der Waals surface area contributed by atoms with Crippen LogP contribution in [0.5, 0.6) is 11.5 Å². The summed E-state index contributed by atoms with van der Waals surface area (Å²) >= 11 is 5.90. The van der Waals surface area contributed by atoms with Crippen LogP contribution >= 0.6 is 11.6 Å². The first-order valence-electron chi connectivity index (χ1n) is 7.84. The molecule has 0 saturated carbocycles. The summed E-state index contributed by atoms with van der Waals surface area (Å²) in [4.78, 5) is 14.3. The number of hydrogen-bond acceptors (Lipinski definition) is 4. The number of aromatic nitrogens is 2. The smallest absolute Gasteiger partial charge is 0.261 e. The molecular weight excluding hydrogens is 354 g/mol. The van der Waals surface area contributed by atoms with Crippen LogP contribution in [0.15, 0.2) is 54.9 Å². The number of nitrogens with zero attached hydrogens (tertiary/aromatic N) is 3. The Labute approximate surface area is 156 Å². The number of rotatable bonds is 5. The van der Waals surface area contributed by atoms with Gasteiger partial charge in [0.15, 0.2) is 0 Å². The minimum Gasteiger partial charge on any atom is -0.497 e. The fourth-order valence-electron chi connectivity index (χ4n) is 2.53. The highest BCUT2D eigenvalue weighted by Gasteiger charge is 2.19. The van der Waals surface area contributed by atoms with Gasteiger partial charge < -0.3 is 14.4 Å². The maximum atomic E-state index is 12.8. The van der Waals surface area contributed by atoms with E-state index in [0.717, 1.165) is 5.69 Å². The highest BCUT2D eigenvalue weighted by molar-refractivity contribution is 6.30. The van der Waals surface area contributed by atoms with Gasteiger partial charge in [0.2, 0.25) is 0 Å². The van der Waals surface area contributed by atoms with Crippen molar-refractivity contribution in [2.24, 2.45) is 0 Å². The third-order valence-electron chi connectivity index (χ3n) is 3.97. The number of hydrogen-bond donors (Lipinski definition) is 0. The molecule has 7 heteroatoms. The van der Waals surface area contributed by atoms with Crippen molar-refractivity contribution in [1.82, 2.24) is 9.78 Å². The van der Waals surface area contributed by atoms with E-state index in [1.54, 1.807) is 62.5 Å². The number of methoxy groups -OCH3 is 2. The molecule has 0 radical (unpaired) electrons. The average molecular weight is 372 g/mol. The summed E-state index contributed by atoms with van der Waals surface area (Å²) in [6.07, 6.45) is 3.21. The van der Waals surface area contributed by atoms with E-state index in [4.69, 9.17) is 21.1 Å². The molecule has 0 atom stereocenters. The lowest BCUT2D eigenvalue weighted by Crippen LogP contribution is -2.26. The zero-order chi connectivity index (χ0) is 18.7. The largest absolute Gasteiger partial charge is 0.497 e. The van der Waals surface area contributed by atoms with E-state index in [1.807, 2.05) is 12.1 Å². The van der Waals surface area contributed by atoms with Crippen molar-refractivity contribution in [3.8, 4) is 17.2 Å². The highest BCUT2D eigenvalue weighted by atomic mass is 35.5. The number of carbonyl (C=O) groups excluding carboxylic acids is 1. The summed E-state index contributed by atoms with van der Waals surface area (Å²) in [6, 6.07) is 12.5. The van der Waals surface area contributed by atoms with Crippen LogP contribution in [0.25, 0.3) is 5.69 Å². The molecule has 3 rings (SSSR count). The molecule has 1 aromatic heterocycles. The van der Waals surface area contributed by atoms with Gasteiger partial charge in [-0.2, -0.15) is 5.10 Å². The molecule has 26 heavy (non-hydrogen) atoms. The molecular formula is C19H18ClN3O3. The van der Waals surface area contributed by atoms with Crippen LogP contribution in [0.4, 0.5) is 5.69 Å². The lowest BCUT2D eigenvalue weighted by molar-refractivity contribution is 0.0992. The van der Waals surface area contributed by atoms with Gasteiger partial charge in [0.25, 0.3) is 5.91 Å². The number of benzene rings is 2. The minimum atomic E-state index is -0.200. The average Bonchev–Trinajstić information content (AvgIpc) is 3.17. The molecule has 0 fully saturated rings. The predicted octanol–water partition coefficient (Wildman–Crippen LogP) is 3.82. The Kier molecular flexibility index (Phi) is 5.14. The van der Waals surface area contributed by atoms with E-state index in [0.29, 0.717) is 27.8 Å². The van der Waals surface area contributed by atoms with Gasteiger partial charge in [-0.1, -0.05) is 11.6 Å². The van der Waals surface area contributed by atoms with Crippen molar-refractivity contribution >= 4 is 23.2 Å². The van der Waals surface area contributed by atoms with Crippen molar-refractivity contribution < 1.29 is 14.3 Å². The first-order valence-corrected chi connectivity index (χ1v) is 8.22. The van der Waals surface area contributed by atoms with Gasteiger partial charge in [-0.25, -0.2) is 4.68 Å². The number of amides is 1. The lowest BCUT2D eigenvalue weighted by atomic mass is 10.2. The lowest BCUT2D eigenvalue weighted by Gasteiger charge is -2.19. The summed E-state index contributed by atoms with van der Waals surface area (Å²) < 4.78 is 12.2. The third kappa shape index (κ3) is 3.50. The summed E-state index contributed by atoms with van der Waals surface area (Å²) in [5.41, 5.74) is 1.91. The molecule has 6 nitrogen and oxygen atoms in total. The van der Waals surface area contributed by atoms with Gasteiger partial charge in [-0.05, 0) is 36.4 Å². The summed E-state index contributed by atoms with van der Waals surface area (Å²) in [7, 11) is 4.82. The molecule has 0 spiro atoms. The van der Waals surface area contributed by atoms with Crippen LogP contribution in [0.2, 0.25) is 5.02 Å². The van der Waals surface area contributed by atoms with Gasteiger partial charge in [-0.15, -0.1) is 0 Å². The summed E-state index contributed by atoms with van der Waals surface area (Å²) in [5, 5.41) is 4.90. The van der Waals surface area contributed by atoms with Gasteiger partial charge in [0.1, 0.15) is 11.5 Å². The minimum absolute atomic E-state index is 0.200. The Morgan fingerprint density at radius 3 is 2.50 bits per heavy atom. The third-order valence-corrected chi connectivity index (χ3v) is 4.23. The van der Waals surface area contributed by atoms with E-state index >= 15 is 0 Å². The molecule has 134 valence electrons. The van der Waals surface area contributed by atoms with Crippen molar-refractivity contribution in [3.63, 3.8) is 0 Å². The van der Waals surface area contributed by atoms with Crippen molar-refractivity contribution in [2.45, 2.75) is 0 Å². The van der Waals surface area contributed by atoms with Gasteiger partial charge in [0.05, 0.1) is 37.4 Å². The topological polar surface area (TPSA) is 56.6 Å². The van der Waals surface area contributed by atoms with Gasteiger partial charge in [0, 0.05) is 24.3 Å². The molecule has 1 amide bonds. The second-order valence-corrected chi connectivity index (χ2v) is 5.99. The monoisotopic (exact) mass is 371 g/mol. The highest BCUT2D eigenvalue weighted by Crippen LogP contribution is 2.32. The second-order valence-electron chi connectivity index (χ2n) is 5.55. The Morgan fingerprint density at radius 1 is 1.12 bits per heavy atom. The van der Waals surface area contributed by atoms with E-state index < -0.39 is 0 Å². The van der Waals surface area contributed by atoms with Crippen LogP contribution in [0.3, 0.4) is 0 Å². The SMILES string of the molecule is COc1ccc(N(C)C(=O)c2cnn(-c3ccc(Cl)cc3)c2)c(OC)c1. The number of carbonyl (C=O) groups is 1. The molecule has 1 heterocycles. The van der Waals surface area contributed by atoms with Crippen LogP contribution in [0.1, 0.15) is 10.4 Å². The van der Waals surface area contributed by atoms with E-state index in [-0.39, 0.29) is 5.91 Å². The molecule has 0 aliphatic heterocycles. The van der Waals surface area contributed by atoms with E-state index in [2.05, 4.69) is 5.10 Å². The second kappa shape index (κ2) is 7.49. The van der Waals surface area contributed by atoms with Crippen LogP contribution in [0, 0.1) is 0 Å². The zero-order valence-electron chi connectivity index (χ0n) is 14.6. The Bertz CT molecular complexity index is 922. The molecule has 0 aliphatic rings. The molecule has 0 bridgehead atoms. The fourth-order valence-corrected chi connectivity index (χ4v) is 2.66. The number of ether oxygens (including phenoxy) is 2. The molecule has 3 aromatic rings. The predicted molar refractivity (Wildman–Crippen MR) is 101 cm³/mol. The van der Waals surface area contributed by atoms with Crippen LogP contribution in [-0.2, 0) is 0 Å². The van der Waals surface area contributed by atoms with E-state index in [1.165, 1.54) is 11.1 Å². The molecule has 0 N–H and O–H groups in total. The maximum Gasteiger partial charge on any atom is 0.261 e. The Hall–Kier alpha value is -2.99. The summed E-state index contributed by atoms with van der Waals surface area (Å²) in [5.74, 6) is 1.00. The van der Waals surface area contributed by atoms with Crippen molar-refractivity contribution in [2.75, 3.05) is 26.2 Å². The summed E-state index contributed by atoms with van der Waals surface area (Å²) in [6.45, 7) is 0. The maximum absolute atomic E-state index is 12.8. The standard InChI is InChI=1S/C19H18ClN3O3/c1-22(17-9-8-16(25-2)10-18(17)26-3)19(24)13-11-21-23(12-13)15-6-4-14(20)5-7-15/h4-12H,1-3H3. The fraction of sp³-hybridized carbons (Fsp3) is 0.158. The molecule has 0 saturated heterocycles.